The van der Waals surface area contributed by atoms with E-state index < -0.39 is 6.04 Å². The number of amidine groups is 1. The van der Waals surface area contributed by atoms with E-state index >= 15 is 0 Å². The van der Waals surface area contributed by atoms with Crippen LogP contribution in [0.1, 0.15) is 13.8 Å². The number of anilines is 1. The number of nitrogens with one attached hydrogen (secondary N) is 1. The van der Waals surface area contributed by atoms with Gasteiger partial charge in [0.25, 0.3) is 0 Å². The fraction of sp³-hybridized carbons (Fsp3) is 0.385. The van der Waals surface area contributed by atoms with Gasteiger partial charge < -0.3 is 16.0 Å². The number of nitrogens with zero attached hydrogens (tertiary/aromatic N) is 2. The van der Waals surface area contributed by atoms with Crippen LogP contribution in [0.3, 0.4) is 0 Å². The molecule has 0 aliphatic carbocycles. The maximum atomic E-state index is 11.4. The summed E-state index contributed by atoms with van der Waals surface area (Å²) in [6.45, 7) is 3.58. The summed E-state index contributed by atoms with van der Waals surface area (Å²) in [7, 11) is 3.88. The molecule has 98 valence electrons. The molecule has 5 heteroatoms. The minimum atomic E-state index is -0.515. The number of nitrogens with two attached hydrogens (primary N) is 1. The maximum absolute atomic E-state index is 11.4. The van der Waals surface area contributed by atoms with Crippen LogP contribution in [0.4, 0.5) is 11.4 Å². The van der Waals surface area contributed by atoms with Crippen molar-refractivity contribution in [3.63, 3.8) is 0 Å². The predicted molar refractivity (Wildman–Crippen MR) is 75.2 cm³/mol. The monoisotopic (exact) mass is 248 g/mol. The second-order valence-electron chi connectivity index (χ2n) is 4.38. The van der Waals surface area contributed by atoms with Crippen LogP contribution in [0, 0.1) is 0 Å². The summed E-state index contributed by atoms with van der Waals surface area (Å²) in [6.07, 6.45) is 0. The van der Waals surface area contributed by atoms with Crippen LogP contribution < -0.4 is 11.1 Å². The largest absolute Gasteiger partial charge is 0.366 e. The van der Waals surface area contributed by atoms with E-state index in [1.807, 2.05) is 50.2 Å². The maximum Gasteiger partial charge on any atom is 0.240 e. The van der Waals surface area contributed by atoms with Crippen LogP contribution in [-0.4, -0.2) is 36.8 Å². The molecule has 0 saturated heterocycles. The van der Waals surface area contributed by atoms with Crippen LogP contribution >= 0.6 is 0 Å². The molecular weight excluding hydrogens is 228 g/mol. The SMILES string of the molecule is CC(=Nc1ccc(NC(=O)[C@H](C)N)cc1)N(C)C. The van der Waals surface area contributed by atoms with Gasteiger partial charge in [-0.05, 0) is 38.1 Å². The minimum Gasteiger partial charge on any atom is -0.366 e. The normalized spacial score (nSPS) is 13.1. The van der Waals surface area contributed by atoms with E-state index in [0.29, 0.717) is 0 Å². The van der Waals surface area contributed by atoms with Crippen molar-refractivity contribution in [2.75, 3.05) is 19.4 Å². The van der Waals surface area contributed by atoms with Gasteiger partial charge in [0.1, 0.15) is 5.84 Å². The van der Waals surface area contributed by atoms with Crippen molar-refractivity contribution in [2.24, 2.45) is 10.7 Å². The summed E-state index contributed by atoms with van der Waals surface area (Å²) in [5.41, 5.74) is 7.04. The first-order chi connectivity index (χ1) is 8.40. The van der Waals surface area contributed by atoms with Crippen LogP contribution in [0.25, 0.3) is 0 Å². The number of benzene rings is 1. The van der Waals surface area contributed by atoms with Gasteiger partial charge >= 0.3 is 0 Å². The zero-order valence-electron chi connectivity index (χ0n) is 11.3. The Balaban J connectivity index is 2.75. The van der Waals surface area contributed by atoms with Crippen molar-refractivity contribution >= 4 is 23.1 Å². The average Bonchev–Trinajstić information content (AvgIpc) is 2.31. The number of rotatable bonds is 3. The molecule has 1 aromatic carbocycles. The summed E-state index contributed by atoms with van der Waals surface area (Å²) in [5.74, 6) is 0.720. The average molecular weight is 248 g/mol. The summed E-state index contributed by atoms with van der Waals surface area (Å²) in [4.78, 5) is 17.7. The number of aliphatic imine (C=N–C) groups is 1. The minimum absolute atomic E-state index is 0.198. The topological polar surface area (TPSA) is 70.7 Å². The Kier molecular flexibility index (Phi) is 4.85. The molecule has 0 spiro atoms. The number of carbonyl (C=O) groups excluding carboxylic acids is 1. The van der Waals surface area contributed by atoms with E-state index in [1.54, 1.807) is 6.92 Å². The van der Waals surface area contributed by atoms with E-state index in [9.17, 15) is 4.79 Å². The lowest BCUT2D eigenvalue weighted by molar-refractivity contribution is -0.117. The molecule has 0 aromatic heterocycles. The first-order valence-electron chi connectivity index (χ1n) is 5.79. The van der Waals surface area contributed by atoms with Crippen LogP contribution in [0.2, 0.25) is 0 Å². The summed E-state index contributed by atoms with van der Waals surface area (Å²) in [6, 6.07) is 6.80. The highest BCUT2D eigenvalue weighted by Gasteiger charge is 2.06. The van der Waals surface area contributed by atoms with Gasteiger partial charge in [-0.15, -0.1) is 0 Å². The molecule has 0 aliphatic rings. The third kappa shape index (κ3) is 4.18. The Morgan fingerprint density at radius 2 is 1.89 bits per heavy atom. The Bertz CT molecular complexity index is 435. The quantitative estimate of drug-likeness (QED) is 0.630. The summed E-state index contributed by atoms with van der Waals surface area (Å²) in [5, 5.41) is 2.72. The van der Waals surface area contributed by atoms with E-state index in [2.05, 4.69) is 10.3 Å². The van der Waals surface area contributed by atoms with Gasteiger partial charge in [0.15, 0.2) is 0 Å². The first-order valence-corrected chi connectivity index (χ1v) is 5.79. The molecule has 1 aromatic rings. The highest BCUT2D eigenvalue weighted by molar-refractivity contribution is 5.94. The van der Waals surface area contributed by atoms with Crippen molar-refractivity contribution < 1.29 is 4.79 Å². The molecule has 1 amide bonds. The van der Waals surface area contributed by atoms with E-state index in [0.717, 1.165) is 17.2 Å². The van der Waals surface area contributed by atoms with Crippen molar-refractivity contribution in [3.05, 3.63) is 24.3 Å². The van der Waals surface area contributed by atoms with Crippen LogP contribution in [0.15, 0.2) is 29.3 Å². The molecule has 1 rings (SSSR count). The first kappa shape index (κ1) is 14.2. The second kappa shape index (κ2) is 6.16. The van der Waals surface area contributed by atoms with E-state index in [1.165, 1.54) is 0 Å². The smallest absolute Gasteiger partial charge is 0.240 e. The molecular formula is C13H20N4O. The van der Waals surface area contributed by atoms with Gasteiger partial charge in [0, 0.05) is 19.8 Å². The molecule has 0 aliphatic heterocycles. The molecule has 0 fully saturated rings. The fourth-order valence-electron chi connectivity index (χ4n) is 1.16. The number of hydrogen-bond acceptors (Lipinski definition) is 3. The molecule has 0 saturated carbocycles. The molecule has 0 bridgehead atoms. The van der Waals surface area contributed by atoms with Gasteiger partial charge in [0.05, 0.1) is 11.7 Å². The number of amides is 1. The predicted octanol–water partition coefficient (Wildman–Crippen LogP) is 1.58. The standard InChI is InChI=1S/C13H20N4O/c1-9(14)13(18)16-12-7-5-11(6-8-12)15-10(2)17(3)4/h5-9H,14H2,1-4H3,(H,16,18)/t9-/m0/s1. The molecule has 0 unspecified atom stereocenters. The molecule has 0 radical (unpaired) electrons. The van der Waals surface area contributed by atoms with Crippen molar-refractivity contribution in [2.45, 2.75) is 19.9 Å². The molecule has 5 nitrogen and oxygen atoms in total. The van der Waals surface area contributed by atoms with E-state index in [-0.39, 0.29) is 5.91 Å². The Hall–Kier alpha value is -1.88. The number of carbonyl (C=O) groups is 1. The van der Waals surface area contributed by atoms with Gasteiger partial charge in [-0.2, -0.15) is 0 Å². The van der Waals surface area contributed by atoms with Gasteiger partial charge in [0.2, 0.25) is 5.91 Å². The van der Waals surface area contributed by atoms with Crippen molar-refractivity contribution in [1.29, 1.82) is 0 Å². The third-order valence-corrected chi connectivity index (χ3v) is 2.49. The lowest BCUT2D eigenvalue weighted by Crippen LogP contribution is -2.32. The molecule has 0 heterocycles. The number of hydrogen-bond donors (Lipinski definition) is 2. The Labute approximate surface area is 108 Å². The lowest BCUT2D eigenvalue weighted by Gasteiger charge is -2.11. The second-order valence-corrected chi connectivity index (χ2v) is 4.38. The summed E-state index contributed by atoms with van der Waals surface area (Å²) >= 11 is 0. The lowest BCUT2D eigenvalue weighted by atomic mass is 10.2. The third-order valence-electron chi connectivity index (χ3n) is 2.49. The van der Waals surface area contributed by atoms with Crippen molar-refractivity contribution in [1.82, 2.24) is 4.90 Å². The van der Waals surface area contributed by atoms with Crippen molar-refractivity contribution in [3.8, 4) is 0 Å². The van der Waals surface area contributed by atoms with Gasteiger partial charge in [-0.1, -0.05) is 0 Å². The Morgan fingerprint density at radius 1 is 1.33 bits per heavy atom. The summed E-state index contributed by atoms with van der Waals surface area (Å²) < 4.78 is 0. The molecule has 18 heavy (non-hydrogen) atoms. The molecule has 1 atom stereocenters. The zero-order chi connectivity index (χ0) is 13.7. The van der Waals surface area contributed by atoms with Crippen LogP contribution in [0.5, 0.6) is 0 Å². The highest BCUT2D eigenvalue weighted by Crippen LogP contribution is 2.16. The Morgan fingerprint density at radius 3 is 2.33 bits per heavy atom. The van der Waals surface area contributed by atoms with Crippen LogP contribution in [-0.2, 0) is 4.79 Å². The zero-order valence-corrected chi connectivity index (χ0v) is 11.3. The molecule has 3 N–H and O–H groups in total. The van der Waals surface area contributed by atoms with Gasteiger partial charge in [-0.25, -0.2) is 4.99 Å². The fourth-order valence-corrected chi connectivity index (χ4v) is 1.16. The van der Waals surface area contributed by atoms with Gasteiger partial charge in [-0.3, -0.25) is 4.79 Å². The van der Waals surface area contributed by atoms with E-state index in [4.69, 9.17) is 5.73 Å². The highest BCUT2D eigenvalue weighted by atomic mass is 16.2.